The zero-order chi connectivity index (χ0) is 20.1. The summed E-state index contributed by atoms with van der Waals surface area (Å²) in [5.74, 6) is -0.116. The normalized spacial score (nSPS) is 10.8. The number of aromatic nitrogens is 2. The lowest BCUT2D eigenvalue weighted by Gasteiger charge is -2.09. The average molecular weight is 383 g/mol. The van der Waals surface area contributed by atoms with E-state index >= 15 is 0 Å². The topological polar surface area (TPSA) is 103 Å². The largest absolute Gasteiger partial charge is 0.490 e. The lowest BCUT2D eigenvalue weighted by Crippen LogP contribution is -2.33. The number of fused-ring (bicyclic) bond motifs is 1. The molecule has 3 aromatic rings. The number of nitrogens with one attached hydrogen (secondary N) is 1. The molecule has 0 saturated carbocycles. The number of para-hydroxylation sites is 1. The summed E-state index contributed by atoms with van der Waals surface area (Å²) in [6, 6.07) is 8.13. The van der Waals surface area contributed by atoms with Crippen molar-refractivity contribution in [1.82, 2.24) is 14.9 Å². The highest BCUT2D eigenvalue weighted by molar-refractivity contribution is 5.97. The molecule has 0 aliphatic rings. The molecule has 0 aliphatic carbocycles. The summed E-state index contributed by atoms with van der Waals surface area (Å²) in [4.78, 5) is 40.8. The molecule has 0 fully saturated rings. The molecular weight excluding hydrogens is 362 g/mol. The van der Waals surface area contributed by atoms with E-state index in [1.165, 1.54) is 23.0 Å². The SMILES string of the molecule is CCOc1cccc2cc(C(=O)NCCn3cnc(CC)cc3=O)c(=O)oc12. The fourth-order valence-corrected chi connectivity index (χ4v) is 2.76. The van der Waals surface area contributed by atoms with Crippen molar-refractivity contribution >= 4 is 16.9 Å². The van der Waals surface area contributed by atoms with Crippen molar-refractivity contribution in [3.8, 4) is 5.75 Å². The molecule has 2 heterocycles. The van der Waals surface area contributed by atoms with E-state index in [2.05, 4.69) is 10.3 Å². The summed E-state index contributed by atoms with van der Waals surface area (Å²) >= 11 is 0. The Morgan fingerprint density at radius 2 is 2.07 bits per heavy atom. The van der Waals surface area contributed by atoms with Crippen LogP contribution in [0.1, 0.15) is 29.9 Å². The molecule has 0 spiro atoms. The standard InChI is InChI=1S/C20H21N3O5/c1-3-14-11-17(24)23(12-22-14)9-8-21-19(25)15-10-13-6-5-7-16(27-4-2)18(13)28-20(15)26/h5-7,10-12H,3-4,8-9H2,1-2H3,(H,21,25). The third-order valence-corrected chi connectivity index (χ3v) is 4.20. The van der Waals surface area contributed by atoms with Crippen LogP contribution in [0.5, 0.6) is 5.75 Å². The van der Waals surface area contributed by atoms with Crippen molar-refractivity contribution in [1.29, 1.82) is 0 Å². The number of ether oxygens (including phenoxy) is 1. The van der Waals surface area contributed by atoms with Gasteiger partial charge in [0.2, 0.25) is 0 Å². The molecule has 2 aromatic heterocycles. The fraction of sp³-hybridized carbons (Fsp3) is 0.300. The highest BCUT2D eigenvalue weighted by atomic mass is 16.5. The van der Waals surface area contributed by atoms with Crippen molar-refractivity contribution in [2.75, 3.05) is 13.2 Å². The maximum Gasteiger partial charge on any atom is 0.349 e. The highest BCUT2D eigenvalue weighted by Crippen LogP contribution is 2.24. The molecule has 146 valence electrons. The monoisotopic (exact) mass is 383 g/mol. The van der Waals surface area contributed by atoms with Gasteiger partial charge in [0.15, 0.2) is 11.3 Å². The Balaban J connectivity index is 1.74. The third kappa shape index (κ3) is 4.11. The lowest BCUT2D eigenvalue weighted by atomic mass is 10.1. The van der Waals surface area contributed by atoms with Gasteiger partial charge >= 0.3 is 5.63 Å². The maximum atomic E-state index is 12.4. The van der Waals surface area contributed by atoms with Crippen LogP contribution in [-0.4, -0.2) is 28.6 Å². The second kappa shape index (κ2) is 8.51. The smallest absolute Gasteiger partial charge is 0.349 e. The highest BCUT2D eigenvalue weighted by Gasteiger charge is 2.15. The Bertz CT molecular complexity index is 1120. The number of aryl methyl sites for hydroxylation is 1. The van der Waals surface area contributed by atoms with Gasteiger partial charge in [-0.15, -0.1) is 0 Å². The molecule has 0 saturated heterocycles. The average Bonchev–Trinajstić information content (AvgIpc) is 2.69. The summed E-state index contributed by atoms with van der Waals surface area (Å²) in [7, 11) is 0. The van der Waals surface area contributed by atoms with Crippen LogP contribution in [0.25, 0.3) is 11.0 Å². The van der Waals surface area contributed by atoms with Gasteiger partial charge in [-0.3, -0.25) is 14.2 Å². The van der Waals surface area contributed by atoms with E-state index in [1.807, 2.05) is 13.8 Å². The maximum absolute atomic E-state index is 12.4. The van der Waals surface area contributed by atoms with Crippen LogP contribution in [0.2, 0.25) is 0 Å². The Morgan fingerprint density at radius 3 is 2.79 bits per heavy atom. The van der Waals surface area contributed by atoms with Gasteiger partial charge in [0.1, 0.15) is 5.56 Å². The first-order chi connectivity index (χ1) is 13.5. The van der Waals surface area contributed by atoms with Crippen LogP contribution in [0, 0.1) is 0 Å². The molecule has 28 heavy (non-hydrogen) atoms. The van der Waals surface area contributed by atoms with E-state index in [9.17, 15) is 14.4 Å². The molecule has 8 heteroatoms. The van der Waals surface area contributed by atoms with Crippen LogP contribution in [-0.2, 0) is 13.0 Å². The fourth-order valence-electron chi connectivity index (χ4n) is 2.76. The van der Waals surface area contributed by atoms with Crippen LogP contribution < -0.4 is 21.2 Å². The Hall–Kier alpha value is -3.42. The summed E-state index contributed by atoms with van der Waals surface area (Å²) in [6.45, 7) is 4.59. The quantitative estimate of drug-likeness (QED) is 0.624. The molecule has 1 N–H and O–H groups in total. The summed E-state index contributed by atoms with van der Waals surface area (Å²) < 4.78 is 12.1. The first-order valence-corrected chi connectivity index (χ1v) is 9.06. The molecule has 0 radical (unpaired) electrons. The number of hydrogen-bond acceptors (Lipinski definition) is 6. The predicted molar refractivity (Wildman–Crippen MR) is 104 cm³/mol. The Kier molecular flexibility index (Phi) is 5.88. The van der Waals surface area contributed by atoms with Gasteiger partial charge < -0.3 is 14.5 Å². The van der Waals surface area contributed by atoms with Gasteiger partial charge in [0.25, 0.3) is 11.5 Å². The van der Waals surface area contributed by atoms with Crippen molar-refractivity contribution in [2.45, 2.75) is 26.8 Å². The molecule has 0 unspecified atom stereocenters. The van der Waals surface area contributed by atoms with E-state index in [4.69, 9.17) is 9.15 Å². The minimum Gasteiger partial charge on any atom is -0.490 e. The number of carbonyl (C=O) groups excluding carboxylic acids is 1. The Labute approximate surface area is 160 Å². The summed E-state index contributed by atoms with van der Waals surface area (Å²) in [5.41, 5.74) is -0.0176. The number of benzene rings is 1. The number of rotatable bonds is 7. The van der Waals surface area contributed by atoms with E-state index in [-0.39, 0.29) is 24.2 Å². The van der Waals surface area contributed by atoms with Crippen LogP contribution in [0.4, 0.5) is 0 Å². The molecule has 0 atom stereocenters. The van der Waals surface area contributed by atoms with Gasteiger partial charge in [-0.2, -0.15) is 0 Å². The van der Waals surface area contributed by atoms with E-state index in [0.29, 0.717) is 35.4 Å². The van der Waals surface area contributed by atoms with Crippen LogP contribution in [0.15, 0.2) is 50.7 Å². The minimum atomic E-state index is -0.747. The van der Waals surface area contributed by atoms with E-state index in [1.54, 1.807) is 18.2 Å². The number of carbonyl (C=O) groups is 1. The third-order valence-electron chi connectivity index (χ3n) is 4.20. The lowest BCUT2D eigenvalue weighted by molar-refractivity contribution is 0.0948. The van der Waals surface area contributed by atoms with Gasteiger partial charge in [0, 0.05) is 30.2 Å². The van der Waals surface area contributed by atoms with Gasteiger partial charge in [-0.1, -0.05) is 19.1 Å². The van der Waals surface area contributed by atoms with Crippen molar-refractivity contribution in [2.24, 2.45) is 0 Å². The van der Waals surface area contributed by atoms with Crippen LogP contribution >= 0.6 is 0 Å². The molecule has 1 amide bonds. The molecule has 1 aromatic carbocycles. The van der Waals surface area contributed by atoms with Gasteiger partial charge in [-0.05, 0) is 25.5 Å². The molecule has 3 rings (SSSR count). The molecular formula is C20H21N3O5. The van der Waals surface area contributed by atoms with Gasteiger partial charge in [0.05, 0.1) is 12.9 Å². The van der Waals surface area contributed by atoms with E-state index in [0.717, 1.165) is 0 Å². The molecule has 8 nitrogen and oxygen atoms in total. The summed E-state index contributed by atoms with van der Waals surface area (Å²) in [6.07, 6.45) is 2.13. The first kappa shape index (κ1) is 19.3. The van der Waals surface area contributed by atoms with Crippen molar-refractivity contribution in [3.05, 3.63) is 68.7 Å². The molecule has 0 aliphatic heterocycles. The van der Waals surface area contributed by atoms with Gasteiger partial charge in [-0.25, -0.2) is 9.78 Å². The Morgan fingerprint density at radius 1 is 1.25 bits per heavy atom. The van der Waals surface area contributed by atoms with Crippen molar-refractivity contribution < 1.29 is 13.9 Å². The predicted octanol–water partition coefficient (Wildman–Crippen LogP) is 1.74. The number of amides is 1. The number of hydrogen-bond donors (Lipinski definition) is 1. The second-order valence-electron chi connectivity index (χ2n) is 6.08. The first-order valence-electron chi connectivity index (χ1n) is 9.06. The zero-order valence-corrected chi connectivity index (χ0v) is 15.7. The van der Waals surface area contributed by atoms with E-state index < -0.39 is 11.5 Å². The summed E-state index contributed by atoms with van der Waals surface area (Å²) in [5, 5.41) is 3.22. The molecule has 0 bridgehead atoms. The van der Waals surface area contributed by atoms with Crippen molar-refractivity contribution in [3.63, 3.8) is 0 Å². The second-order valence-corrected chi connectivity index (χ2v) is 6.08. The zero-order valence-electron chi connectivity index (χ0n) is 15.7. The minimum absolute atomic E-state index is 0.104. The van der Waals surface area contributed by atoms with Crippen LogP contribution in [0.3, 0.4) is 0 Å². The number of nitrogens with zero attached hydrogens (tertiary/aromatic N) is 2.